The van der Waals surface area contributed by atoms with Crippen molar-refractivity contribution in [1.82, 2.24) is 0 Å². The molecule has 1 heterocycles. The zero-order valence-corrected chi connectivity index (χ0v) is 6.67. The Balaban J connectivity index is 2.66. The smallest absolute Gasteiger partial charge is 0.186 e. The first kappa shape index (κ1) is 9.47. The quantitative estimate of drug-likeness (QED) is 0.478. The normalized spacial score (nSPS) is 41.6. The van der Waals surface area contributed by atoms with Gasteiger partial charge in [0.05, 0.1) is 0 Å². The van der Waals surface area contributed by atoms with Gasteiger partial charge < -0.3 is 24.8 Å². The first-order chi connectivity index (χ1) is 5.57. The Morgan fingerprint density at radius 3 is 2.25 bits per heavy atom. The van der Waals surface area contributed by atoms with Crippen molar-refractivity contribution in [1.29, 1.82) is 0 Å². The molecule has 3 N–H and O–H groups in total. The molecule has 1 saturated heterocycles. The van der Waals surface area contributed by atoms with Gasteiger partial charge in [0.25, 0.3) is 0 Å². The summed E-state index contributed by atoms with van der Waals surface area (Å²) in [6, 6.07) is 0. The van der Waals surface area contributed by atoms with Crippen molar-refractivity contribution in [3.05, 3.63) is 12.3 Å². The predicted molar refractivity (Wildman–Crippen MR) is 39.5 cm³/mol. The topological polar surface area (TPSA) is 79.2 Å². The second-order valence-corrected chi connectivity index (χ2v) is 2.63. The fraction of sp³-hybridized carbons (Fsp3) is 0.714. The third-order valence-corrected chi connectivity index (χ3v) is 1.78. The highest BCUT2D eigenvalue weighted by Crippen LogP contribution is 2.24. The van der Waals surface area contributed by atoms with Gasteiger partial charge in [-0.2, -0.15) is 0 Å². The van der Waals surface area contributed by atoms with Crippen LogP contribution in [0, 0.1) is 0 Å². The van der Waals surface area contributed by atoms with Gasteiger partial charge in [0.1, 0.15) is 24.1 Å². The molecule has 0 aromatic heterocycles. The minimum absolute atomic E-state index is 0.318. The molecule has 1 rings (SSSR count). The van der Waals surface area contributed by atoms with Gasteiger partial charge in [-0.25, -0.2) is 0 Å². The summed E-state index contributed by atoms with van der Waals surface area (Å²) < 4.78 is 9.61. The van der Waals surface area contributed by atoms with Crippen molar-refractivity contribution >= 4 is 0 Å². The summed E-state index contributed by atoms with van der Waals surface area (Å²) in [7, 11) is 1.34. The van der Waals surface area contributed by atoms with Gasteiger partial charge in [-0.05, 0) is 0 Å². The molecule has 70 valence electrons. The van der Waals surface area contributed by atoms with Crippen LogP contribution >= 0.6 is 0 Å². The summed E-state index contributed by atoms with van der Waals surface area (Å²) in [5.41, 5.74) is 0. The van der Waals surface area contributed by atoms with Gasteiger partial charge in [0.2, 0.25) is 0 Å². The van der Waals surface area contributed by atoms with Crippen LogP contribution < -0.4 is 0 Å². The maximum atomic E-state index is 9.25. The van der Waals surface area contributed by atoms with Crippen molar-refractivity contribution in [2.75, 3.05) is 7.11 Å². The third-order valence-electron chi connectivity index (χ3n) is 1.78. The molecule has 0 spiro atoms. The summed E-state index contributed by atoms with van der Waals surface area (Å²) in [4.78, 5) is 0. The van der Waals surface area contributed by atoms with Crippen LogP contribution in [0.15, 0.2) is 12.3 Å². The van der Waals surface area contributed by atoms with Crippen LogP contribution in [0.1, 0.15) is 0 Å². The lowest BCUT2D eigenvalue weighted by Gasteiger charge is -2.11. The van der Waals surface area contributed by atoms with E-state index in [1.54, 1.807) is 0 Å². The van der Waals surface area contributed by atoms with Gasteiger partial charge in [0, 0.05) is 7.11 Å². The van der Waals surface area contributed by atoms with E-state index in [0.717, 1.165) is 0 Å². The van der Waals surface area contributed by atoms with Gasteiger partial charge >= 0.3 is 0 Å². The zero-order valence-electron chi connectivity index (χ0n) is 6.67. The average Bonchev–Trinajstić information content (AvgIpc) is 2.30. The molecule has 4 atom stereocenters. The van der Waals surface area contributed by atoms with Crippen LogP contribution in [-0.4, -0.2) is 47.0 Å². The van der Waals surface area contributed by atoms with E-state index in [0.29, 0.717) is 0 Å². The van der Waals surface area contributed by atoms with E-state index in [1.807, 2.05) is 0 Å². The van der Waals surface area contributed by atoms with E-state index < -0.39 is 24.6 Å². The SMILES string of the molecule is C=C(O)[C@@H]1OC(OC)[C@H](O)[C@H]1O. The Morgan fingerprint density at radius 2 is 2.00 bits per heavy atom. The van der Waals surface area contributed by atoms with Crippen LogP contribution in [0.4, 0.5) is 0 Å². The molecule has 0 aromatic carbocycles. The molecule has 0 aromatic rings. The molecule has 1 aliphatic rings. The van der Waals surface area contributed by atoms with Crippen LogP contribution in [0.5, 0.6) is 0 Å². The van der Waals surface area contributed by atoms with Crippen molar-refractivity contribution in [2.45, 2.75) is 24.6 Å². The second-order valence-electron chi connectivity index (χ2n) is 2.63. The molecule has 5 nitrogen and oxygen atoms in total. The van der Waals surface area contributed by atoms with E-state index in [1.165, 1.54) is 7.11 Å². The van der Waals surface area contributed by atoms with Gasteiger partial charge in [-0.3, -0.25) is 0 Å². The standard InChI is InChI=1S/C7H12O5/c1-3(8)6-4(9)5(10)7(11-2)12-6/h4-10H,1H2,2H3/t4-,5-,6+,7?/m1/s1. The highest BCUT2D eigenvalue weighted by atomic mass is 16.7. The van der Waals surface area contributed by atoms with Crippen molar-refractivity contribution in [3.8, 4) is 0 Å². The van der Waals surface area contributed by atoms with Crippen molar-refractivity contribution in [2.24, 2.45) is 0 Å². The maximum absolute atomic E-state index is 9.25. The van der Waals surface area contributed by atoms with E-state index in [2.05, 4.69) is 11.3 Å². The maximum Gasteiger partial charge on any atom is 0.186 e. The van der Waals surface area contributed by atoms with Crippen LogP contribution in [0.2, 0.25) is 0 Å². The number of aliphatic hydroxyl groups is 3. The highest BCUT2D eigenvalue weighted by Gasteiger charge is 2.44. The molecule has 12 heavy (non-hydrogen) atoms. The molecule has 1 unspecified atom stereocenters. The summed E-state index contributed by atoms with van der Waals surface area (Å²) in [6.07, 6.45) is -4.21. The lowest BCUT2D eigenvalue weighted by Crippen LogP contribution is -2.33. The molecule has 0 radical (unpaired) electrons. The van der Waals surface area contributed by atoms with Gasteiger partial charge in [0.15, 0.2) is 6.29 Å². The molecule has 0 amide bonds. The monoisotopic (exact) mass is 176 g/mol. The van der Waals surface area contributed by atoms with E-state index in [9.17, 15) is 10.2 Å². The Hall–Kier alpha value is -0.620. The van der Waals surface area contributed by atoms with E-state index in [4.69, 9.17) is 9.84 Å². The summed E-state index contributed by atoms with van der Waals surface area (Å²) in [6.45, 7) is 3.19. The van der Waals surface area contributed by atoms with Gasteiger partial charge in [-0.15, -0.1) is 0 Å². The first-order valence-electron chi connectivity index (χ1n) is 3.50. The predicted octanol–water partition coefficient (Wildman–Crippen LogP) is -0.849. The Kier molecular flexibility index (Phi) is 2.69. The molecule has 5 heteroatoms. The number of rotatable bonds is 2. The molecule has 0 saturated carbocycles. The van der Waals surface area contributed by atoms with E-state index in [-0.39, 0.29) is 5.76 Å². The Morgan fingerprint density at radius 1 is 1.42 bits per heavy atom. The number of hydrogen-bond donors (Lipinski definition) is 3. The van der Waals surface area contributed by atoms with Gasteiger partial charge in [-0.1, -0.05) is 6.58 Å². The zero-order chi connectivity index (χ0) is 9.30. The highest BCUT2D eigenvalue weighted by molar-refractivity contribution is 5.02. The van der Waals surface area contributed by atoms with Crippen LogP contribution in [0.3, 0.4) is 0 Å². The number of ether oxygens (including phenoxy) is 2. The molecule has 1 aliphatic heterocycles. The molecule has 0 bridgehead atoms. The average molecular weight is 176 g/mol. The Bertz CT molecular complexity index is 181. The fourth-order valence-electron chi connectivity index (χ4n) is 1.12. The minimum Gasteiger partial charge on any atom is -0.510 e. The van der Waals surface area contributed by atoms with Crippen molar-refractivity contribution < 1.29 is 24.8 Å². The lowest BCUT2D eigenvalue weighted by atomic mass is 10.1. The summed E-state index contributed by atoms with van der Waals surface area (Å²) in [5, 5.41) is 27.4. The van der Waals surface area contributed by atoms with Crippen LogP contribution in [0.25, 0.3) is 0 Å². The summed E-state index contributed by atoms with van der Waals surface area (Å²) in [5.74, 6) is -0.318. The molecule has 0 aliphatic carbocycles. The number of methoxy groups -OCH3 is 1. The van der Waals surface area contributed by atoms with Crippen molar-refractivity contribution in [3.63, 3.8) is 0 Å². The van der Waals surface area contributed by atoms with Crippen LogP contribution in [-0.2, 0) is 9.47 Å². The molecular weight excluding hydrogens is 164 g/mol. The van der Waals surface area contributed by atoms with E-state index >= 15 is 0 Å². The fourth-order valence-corrected chi connectivity index (χ4v) is 1.12. The number of aliphatic hydroxyl groups excluding tert-OH is 3. The first-order valence-corrected chi connectivity index (χ1v) is 3.50. The second kappa shape index (κ2) is 3.40. The lowest BCUT2D eigenvalue weighted by molar-refractivity contribution is -0.147. The molecular formula is C7H12O5. The minimum atomic E-state index is -1.19. The largest absolute Gasteiger partial charge is 0.510 e. The number of hydrogen-bond acceptors (Lipinski definition) is 5. The Labute approximate surface area is 69.8 Å². The third kappa shape index (κ3) is 1.44. The molecule has 1 fully saturated rings. The summed E-state index contributed by atoms with van der Waals surface area (Å²) >= 11 is 0.